The Hall–Kier alpha value is -0.440. The van der Waals surface area contributed by atoms with E-state index in [1.54, 1.807) is 0 Å². The zero-order valence-corrected chi connectivity index (χ0v) is 10.0. The van der Waals surface area contributed by atoms with Crippen LogP contribution in [0.25, 0.3) is 0 Å². The molecule has 1 aliphatic rings. The van der Waals surface area contributed by atoms with E-state index in [1.807, 2.05) is 0 Å². The van der Waals surface area contributed by atoms with Crippen LogP contribution in [0.1, 0.15) is 19.3 Å². The van der Waals surface area contributed by atoms with Crippen molar-refractivity contribution >= 4 is 29.9 Å². The Morgan fingerprint density at radius 3 is 2.54 bits per heavy atom. The molecule has 0 saturated carbocycles. The van der Waals surface area contributed by atoms with E-state index in [0.717, 1.165) is 13.1 Å². The Morgan fingerprint density at radius 2 is 2.00 bits per heavy atom. The highest BCUT2D eigenvalue weighted by Crippen LogP contribution is 2.07. The first-order valence-electron chi connectivity index (χ1n) is 4.33. The molecule has 0 aromatic carbocycles. The van der Waals surface area contributed by atoms with E-state index in [-0.39, 0.29) is 24.0 Å². The second-order valence-corrected chi connectivity index (χ2v) is 2.93. The van der Waals surface area contributed by atoms with Gasteiger partial charge >= 0.3 is 0 Å². The number of hydrogen-bond donors (Lipinski definition) is 1. The molecule has 0 radical (unpaired) electrons. The molecule has 0 unspecified atom stereocenters. The average Bonchev–Trinajstić information content (AvgIpc) is 2.15. The lowest BCUT2D eigenvalue weighted by molar-refractivity contribution is 0.338. The molecule has 1 rings (SSSR count). The zero-order chi connectivity index (χ0) is 8.81. The predicted octanol–water partition coefficient (Wildman–Crippen LogP) is 1.04. The smallest absolute Gasteiger partial charge is 0.192 e. The van der Waals surface area contributed by atoms with Gasteiger partial charge in [0, 0.05) is 13.1 Å². The summed E-state index contributed by atoms with van der Waals surface area (Å²) < 4.78 is 0. The molecule has 0 atom stereocenters. The molecular weight excluding hydrogens is 277 g/mol. The molecule has 1 fully saturated rings. The molecule has 0 aromatic rings. The van der Waals surface area contributed by atoms with Gasteiger partial charge in [-0.1, -0.05) is 5.92 Å². The molecular formula is C9H16IN3. The van der Waals surface area contributed by atoms with E-state index in [9.17, 15) is 0 Å². The number of likely N-dealkylation sites (tertiary alicyclic amines) is 1. The second-order valence-electron chi connectivity index (χ2n) is 2.93. The summed E-state index contributed by atoms with van der Waals surface area (Å²) >= 11 is 0. The Kier molecular flexibility index (Phi) is 6.77. The highest BCUT2D eigenvalue weighted by molar-refractivity contribution is 14.0. The van der Waals surface area contributed by atoms with Crippen LogP contribution in [0, 0.1) is 12.3 Å². The van der Waals surface area contributed by atoms with Crippen LogP contribution in [-0.2, 0) is 0 Å². The number of rotatable bonds is 1. The van der Waals surface area contributed by atoms with Crippen molar-refractivity contribution in [3.05, 3.63) is 0 Å². The monoisotopic (exact) mass is 293 g/mol. The molecule has 1 aliphatic heterocycles. The minimum absolute atomic E-state index is 0. The number of halogens is 1. The molecule has 13 heavy (non-hydrogen) atoms. The SMILES string of the molecule is C#CCN=C(N)N1CCCCC1.I. The fourth-order valence-electron chi connectivity index (χ4n) is 1.35. The van der Waals surface area contributed by atoms with Crippen molar-refractivity contribution in [1.29, 1.82) is 0 Å². The second kappa shape index (κ2) is 7.01. The summed E-state index contributed by atoms with van der Waals surface area (Å²) in [6.07, 6.45) is 8.81. The largest absolute Gasteiger partial charge is 0.370 e. The van der Waals surface area contributed by atoms with Crippen LogP contribution in [0.5, 0.6) is 0 Å². The third kappa shape index (κ3) is 4.36. The minimum Gasteiger partial charge on any atom is -0.370 e. The van der Waals surface area contributed by atoms with Crippen molar-refractivity contribution in [1.82, 2.24) is 4.90 Å². The van der Waals surface area contributed by atoms with E-state index in [1.165, 1.54) is 19.3 Å². The van der Waals surface area contributed by atoms with Gasteiger partial charge in [0.1, 0.15) is 6.54 Å². The van der Waals surface area contributed by atoms with E-state index < -0.39 is 0 Å². The highest BCUT2D eigenvalue weighted by atomic mass is 127. The highest BCUT2D eigenvalue weighted by Gasteiger charge is 2.10. The van der Waals surface area contributed by atoms with Crippen LogP contribution in [0.4, 0.5) is 0 Å². The van der Waals surface area contributed by atoms with Gasteiger partial charge in [-0.25, -0.2) is 4.99 Å². The van der Waals surface area contributed by atoms with Crippen LogP contribution in [0.2, 0.25) is 0 Å². The lowest BCUT2D eigenvalue weighted by Crippen LogP contribution is -2.40. The van der Waals surface area contributed by atoms with Crippen molar-refractivity contribution in [2.75, 3.05) is 19.6 Å². The molecule has 4 heteroatoms. The molecule has 0 spiro atoms. The summed E-state index contributed by atoms with van der Waals surface area (Å²) in [5.74, 6) is 3.05. The van der Waals surface area contributed by atoms with Crippen molar-refractivity contribution in [3.63, 3.8) is 0 Å². The first-order chi connectivity index (χ1) is 5.84. The molecule has 0 bridgehead atoms. The maximum atomic E-state index is 5.71. The minimum atomic E-state index is 0. The van der Waals surface area contributed by atoms with E-state index >= 15 is 0 Å². The summed E-state index contributed by atoms with van der Waals surface area (Å²) in [5.41, 5.74) is 5.71. The fourth-order valence-corrected chi connectivity index (χ4v) is 1.35. The maximum absolute atomic E-state index is 5.71. The standard InChI is InChI=1S/C9H15N3.HI/c1-2-6-11-9(10)12-7-4-3-5-8-12;/h1H,3-8H2,(H2,10,11);1H. The van der Waals surface area contributed by atoms with Gasteiger partial charge in [0.2, 0.25) is 0 Å². The quantitative estimate of drug-likeness (QED) is 0.340. The third-order valence-corrected chi connectivity index (χ3v) is 2.01. The number of terminal acetylenes is 1. The molecule has 74 valence electrons. The topological polar surface area (TPSA) is 41.6 Å². The summed E-state index contributed by atoms with van der Waals surface area (Å²) in [6, 6.07) is 0. The van der Waals surface area contributed by atoms with E-state index in [2.05, 4.69) is 15.8 Å². The summed E-state index contributed by atoms with van der Waals surface area (Å²) in [5, 5.41) is 0. The maximum Gasteiger partial charge on any atom is 0.192 e. The lowest BCUT2D eigenvalue weighted by Gasteiger charge is -2.27. The summed E-state index contributed by atoms with van der Waals surface area (Å²) in [7, 11) is 0. The van der Waals surface area contributed by atoms with Gasteiger partial charge in [-0.05, 0) is 19.3 Å². The van der Waals surface area contributed by atoms with Crippen LogP contribution in [-0.4, -0.2) is 30.5 Å². The number of nitrogens with zero attached hydrogens (tertiary/aromatic N) is 2. The van der Waals surface area contributed by atoms with Crippen LogP contribution >= 0.6 is 24.0 Å². The molecule has 0 amide bonds. The summed E-state index contributed by atoms with van der Waals surface area (Å²) in [6.45, 7) is 2.45. The van der Waals surface area contributed by atoms with Gasteiger partial charge in [0.15, 0.2) is 5.96 Å². The fraction of sp³-hybridized carbons (Fsp3) is 0.667. The Labute approximate surface area is 96.8 Å². The molecule has 1 saturated heterocycles. The lowest BCUT2D eigenvalue weighted by atomic mass is 10.1. The molecule has 1 heterocycles. The number of piperidine rings is 1. The van der Waals surface area contributed by atoms with Crippen LogP contribution in [0.15, 0.2) is 4.99 Å². The van der Waals surface area contributed by atoms with Crippen LogP contribution in [0.3, 0.4) is 0 Å². The number of hydrogen-bond acceptors (Lipinski definition) is 1. The van der Waals surface area contributed by atoms with Crippen molar-refractivity contribution < 1.29 is 0 Å². The van der Waals surface area contributed by atoms with Gasteiger partial charge in [-0.3, -0.25) is 0 Å². The molecule has 3 nitrogen and oxygen atoms in total. The Morgan fingerprint density at radius 1 is 1.38 bits per heavy atom. The van der Waals surface area contributed by atoms with Gasteiger partial charge in [0.05, 0.1) is 0 Å². The number of aliphatic imine (C=N–C) groups is 1. The predicted molar refractivity (Wildman–Crippen MR) is 66.2 cm³/mol. The number of nitrogens with two attached hydrogens (primary N) is 1. The Bertz CT molecular complexity index is 201. The Balaban J connectivity index is 0.00000144. The first-order valence-corrected chi connectivity index (χ1v) is 4.33. The third-order valence-electron chi connectivity index (χ3n) is 2.01. The van der Waals surface area contributed by atoms with Crippen molar-refractivity contribution in [2.45, 2.75) is 19.3 Å². The molecule has 0 aromatic heterocycles. The van der Waals surface area contributed by atoms with Crippen LogP contribution < -0.4 is 5.73 Å². The first kappa shape index (κ1) is 12.6. The van der Waals surface area contributed by atoms with Crippen molar-refractivity contribution in [2.24, 2.45) is 10.7 Å². The zero-order valence-electron chi connectivity index (χ0n) is 7.70. The van der Waals surface area contributed by atoms with Gasteiger partial charge in [0.25, 0.3) is 0 Å². The van der Waals surface area contributed by atoms with Gasteiger partial charge < -0.3 is 10.6 Å². The normalized spacial score (nSPS) is 17.5. The molecule has 0 aliphatic carbocycles. The van der Waals surface area contributed by atoms with Crippen molar-refractivity contribution in [3.8, 4) is 12.3 Å². The average molecular weight is 293 g/mol. The van der Waals surface area contributed by atoms with Gasteiger partial charge in [-0.15, -0.1) is 30.4 Å². The van der Waals surface area contributed by atoms with E-state index in [0.29, 0.717) is 12.5 Å². The van der Waals surface area contributed by atoms with Gasteiger partial charge in [-0.2, -0.15) is 0 Å². The summed E-state index contributed by atoms with van der Waals surface area (Å²) in [4.78, 5) is 6.15. The molecule has 2 N–H and O–H groups in total. The number of guanidine groups is 1. The van der Waals surface area contributed by atoms with E-state index in [4.69, 9.17) is 12.2 Å².